The van der Waals surface area contributed by atoms with Crippen LogP contribution in [0.2, 0.25) is 0 Å². The number of methoxy groups -OCH3 is 2. The zero-order valence-electron chi connectivity index (χ0n) is 17.3. The number of amides is 1. The summed E-state index contributed by atoms with van der Waals surface area (Å²) < 4.78 is 12.0. The molecule has 1 aromatic carbocycles. The number of carbonyl (C=O) groups excluding carboxylic acids is 3. The molecule has 0 spiro atoms. The van der Waals surface area contributed by atoms with Crippen LogP contribution in [0, 0.1) is 5.92 Å². The number of piperidine rings is 1. The van der Waals surface area contributed by atoms with E-state index < -0.39 is 29.4 Å². The SMILES string of the molecule is CCC1=CC2CC3(C(=O)OC)c4c(c5ccccc5n4C(=O)OC)CCN(C2=O)C13. The Labute approximate surface area is 174 Å². The molecule has 156 valence electrons. The molecule has 1 aromatic heterocycles. The van der Waals surface area contributed by atoms with Gasteiger partial charge >= 0.3 is 12.1 Å². The van der Waals surface area contributed by atoms with Gasteiger partial charge in [-0.15, -0.1) is 0 Å². The minimum absolute atomic E-state index is 0.0517. The lowest BCUT2D eigenvalue weighted by Gasteiger charge is -2.53. The summed E-state index contributed by atoms with van der Waals surface area (Å²) in [5.74, 6) is -0.764. The van der Waals surface area contributed by atoms with Crippen molar-refractivity contribution in [1.82, 2.24) is 9.47 Å². The molecule has 4 bridgehead atoms. The van der Waals surface area contributed by atoms with Gasteiger partial charge in [0, 0.05) is 11.9 Å². The van der Waals surface area contributed by atoms with Gasteiger partial charge in [-0.2, -0.15) is 0 Å². The Balaban J connectivity index is 1.93. The molecule has 4 heterocycles. The molecule has 1 amide bonds. The minimum atomic E-state index is -1.15. The van der Waals surface area contributed by atoms with Crippen LogP contribution in [0.5, 0.6) is 0 Å². The lowest BCUT2D eigenvalue weighted by Crippen LogP contribution is -2.66. The molecule has 30 heavy (non-hydrogen) atoms. The first-order valence-electron chi connectivity index (χ1n) is 10.3. The normalized spacial score (nSPS) is 26.8. The van der Waals surface area contributed by atoms with Crippen LogP contribution in [0.15, 0.2) is 35.9 Å². The Morgan fingerprint density at radius 1 is 1.20 bits per heavy atom. The van der Waals surface area contributed by atoms with Crippen molar-refractivity contribution in [3.8, 4) is 0 Å². The number of benzene rings is 1. The van der Waals surface area contributed by atoms with Gasteiger partial charge in [0.2, 0.25) is 5.91 Å². The molecule has 3 aliphatic heterocycles. The van der Waals surface area contributed by atoms with Crippen LogP contribution in [0.25, 0.3) is 10.9 Å². The van der Waals surface area contributed by atoms with Crippen LogP contribution in [0.4, 0.5) is 4.79 Å². The van der Waals surface area contributed by atoms with Crippen LogP contribution in [0.1, 0.15) is 31.0 Å². The predicted octanol–water partition coefficient (Wildman–Crippen LogP) is 2.79. The summed E-state index contributed by atoms with van der Waals surface area (Å²) in [6.45, 7) is 2.53. The summed E-state index contributed by atoms with van der Waals surface area (Å²) in [6.07, 6.45) is 3.05. The fraction of sp³-hybridized carbons (Fsp3) is 0.435. The summed E-state index contributed by atoms with van der Waals surface area (Å²) in [5.41, 5.74) is 2.14. The monoisotopic (exact) mass is 408 g/mol. The van der Waals surface area contributed by atoms with E-state index in [2.05, 4.69) is 0 Å². The van der Waals surface area contributed by atoms with E-state index in [1.807, 2.05) is 42.2 Å². The number of aromatic nitrogens is 1. The largest absolute Gasteiger partial charge is 0.468 e. The lowest BCUT2D eigenvalue weighted by molar-refractivity contribution is -0.160. The fourth-order valence-corrected chi connectivity index (χ4v) is 5.94. The van der Waals surface area contributed by atoms with E-state index in [0.717, 1.165) is 22.9 Å². The second-order valence-electron chi connectivity index (χ2n) is 8.20. The van der Waals surface area contributed by atoms with Crippen LogP contribution in [-0.2, 0) is 30.9 Å². The average Bonchev–Trinajstić information content (AvgIpc) is 3.05. The zero-order chi connectivity index (χ0) is 21.2. The number of ether oxygens (including phenoxy) is 2. The molecule has 6 rings (SSSR count). The Kier molecular flexibility index (Phi) is 4.07. The molecule has 1 saturated heterocycles. The van der Waals surface area contributed by atoms with Crippen molar-refractivity contribution in [3.05, 3.63) is 47.2 Å². The van der Waals surface area contributed by atoms with Gasteiger partial charge in [-0.3, -0.25) is 9.59 Å². The Hall–Kier alpha value is -3.09. The zero-order valence-corrected chi connectivity index (χ0v) is 17.3. The van der Waals surface area contributed by atoms with Crippen LogP contribution in [-0.4, -0.2) is 54.2 Å². The molecule has 3 atom stereocenters. The molecule has 7 heteroatoms. The molecule has 7 nitrogen and oxygen atoms in total. The smallest absolute Gasteiger partial charge is 0.418 e. The Bertz CT molecular complexity index is 1130. The van der Waals surface area contributed by atoms with Gasteiger partial charge in [0.15, 0.2) is 0 Å². The van der Waals surface area contributed by atoms with Crippen molar-refractivity contribution in [2.24, 2.45) is 5.92 Å². The van der Waals surface area contributed by atoms with Gasteiger partial charge < -0.3 is 14.4 Å². The van der Waals surface area contributed by atoms with Crippen molar-refractivity contribution in [1.29, 1.82) is 0 Å². The minimum Gasteiger partial charge on any atom is -0.468 e. The van der Waals surface area contributed by atoms with Crippen LogP contribution < -0.4 is 0 Å². The second-order valence-corrected chi connectivity index (χ2v) is 8.20. The topological polar surface area (TPSA) is 77.8 Å². The second kappa shape index (κ2) is 6.45. The van der Waals surface area contributed by atoms with E-state index in [1.165, 1.54) is 18.8 Å². The molecule has 1 fully saturated rings. The van der Waals surface area contributed by atoms with E-state index in [-0.39, 0.29) is 5.91 Å². The van der Waals surface area contributed by atoms with Gasteiger partial charge in [0.1, 0.15) is 5.41 Å². The third kappa shape index (κ3) is 2.12. The molecule has 0 radical (unpaired) electrons. The highest BCUT2D eigenvalue weighted by Crippen LogP contribution is 2.54. The lowest BCUT2D eigenvalue weighted by atomic mass is 9.60. The van der Waals surface area contributed by atoms with Crippen molar-refractivity contribution in [2.75, 3.05) is 20.8 Å². The number of hydrogen-bond donors (Lipinski definition) is 0. The number of nitrogens with zero attached hydrogens (tertiary/aromatic N) is 2. The highest BCUT2D eigenvalue weighted by molar-refractivity contribution is 6.00. The summed E-state index contributed by atoms with van der Waals surface area (Å²) in [7, 11) is 2.71. The van der Waals surface area contributed by atoms with E-state index in [0.29, 0.717) is 30.6 Å². The van der Waals surface area contributed by atoms with Gasteiger partial charge in [0.25, 0.3) is 0 Å². The number of para-hydroxylation sites is 1. The first-order chi connectivity index (χ1) is 14.5. The maximum atomic E-state index is 13.6. The van der Waals surface area contributed by atoms with Crippen molar-refractivity contribution in [2.45, 2.75) is 37.6 Å². The standard InChI is InChI=1S/C23H24N2O5/c1-4-13-11-14-12-23(21(27)29-2)18(13)24(20(14)26)10-9-16-15-7-5-6-8-17(15)25(19(16)23)22(28)30-3/h5-8,11,14,18H,4,9-10,12H2,1-3H3. The van der Waals surface area contributed by atoms with E-state index in [4.69, 9.17) is 9.47 Å². The molecular weight excluding hydrogens is 384 g/mol. The molecule has 0 N–H and O–H groups in total. The first kappa shape index (κ1) is 18.9. The van der Waals surface area contributed by atoms with Crippen LogP contribution in [0.3, 0.4) is 0 Å². The number of fused-ring (bicyclic) bond motifs is 3. The van der Waals surface area contributed by atoms with Gasteiger partial charge in [-0.1, -0.05) is 31.2 Å². The number of esters is 1. The van der Waals surface area contributed by atoms with Crippen molar-refractivity contribution >= 4 is 28.9 Å². The maximum Gasteiger partial charge on any atom is 0.418 e. The summed E-state index contributed by atoms with van der Waals surface area (Å²) >= 11 is 0. The van der Waals surface area contributed by atoms with Gasteiger partial charge in [-0.05, 0) is 36.5 Å². The van der Waals surface area contributed by atoms with Gasteiger partial charge in [-0.25, -0.2) is 9.36 Å². The molecular formula is C23H24N2O5. The average molecular weight is 408 g/mol. The van der Waals surface area contributed by atoms with Crippen molar-refractivity contribution in [3.63, 3.8) is 0 Å². The first-order valence-corrected chi connectivity index (χ1v) is 10.3. The van der Waals surface area contributed by atoms with E-state index in [9.17, 15) is 14.4 Å². The van der Waals surface area contributed by atoms with E-state index >= 15 is 0 Å². The third-order valence-corrected chi connectivity index (χ3v) is 7.01. The fourth-order valence-electron chi connectivity index (χ4n) is 5.94. The molecule has 0 saturated carbocycles. The third-order valence-electron chi connectivity index (χ3n) is 7.01. The molecule has 3 unspecified atom stereocenters. The summed E-state index contributed by atoms with van der Waals surface area (Å²) in [5, 5.41) is 0.903. The summed E-state index contributed by atoms with van der Waals surface area (Å²) in [6, 6.07) is 7.15. The number of hydrogen-bond acceptors (Lipinski definition) is 5. The molecule has 4 aliphatic rings. The molecule has 1 aliphatic carbocycles. The maximum absolute atomic E-state index is 13.6. The predicted molar refractivity (Wildman–Crippen MR) is 109 cm³/mol. The molecule has 2 aromatic rings. The highest BCUT2D eigenvalue weighted by Gasteiger charge is 2.64. The van der Waals surface area contributed by atoms with E-state index in [1.54, 1.807) is 0 Å². The number of rotatable bonds is 2. The highest BCUT2D eigenvalue weighted by atomic mass is 16.5. The Morgan fingerprint density at radius 3 is 2.67 bits per heavy atom. The summed E-state index contributed by atoms with van der Waals surface area (Å²) in [4.78, 5) is 41.5. The van der Waals surface area contributed by atoms with Gasteiger partial charge in [0.05, 0.1) is 37.4 Å². The van der Waals surface area contributed by atoms with Crippen LogP contribution >= 0.6 is 0 Å². The Morgan fingerprint density at radius 2 is 1.97 bits per heavy atom. The number of carbonyl (C=O) groups is 3. The quantitative estimate of drug-likeness (QED) is 0.564. The van der Waals surface area contributed by atoms with Crippen molar-refractivity contribution < 1.29 is 23.9 Å².